The molecule has 23 heavy (non-hydrogen) atoms. The number of aliphatic imine (C=N–C) groups is 1. The third-order valence-corrected chi connectivity index (χ3v) is 4.36. The molecule has 1 aliphatic heterocycles. The van der Waals surface area contributed by atoms with Crippen molar-refractivity contribution in [1.82, 2.24) is 4.90 Å². The van der Waals surface area contributed by atoms with Gasteiger partial charge in [0, 0.05) is 12.6 Å². The van der Waals surface area contributed by atoms with Crippen molar-refractivity contribution in [2.45, 2.75) is 0 Å². The lowest BCUT2D eigenvalue weighted by molar-refractivity contribution is -0.121. The fraction of sp³-hybridized carbons (Fsp3) is 0.0588. The summed E-state index contributed by atoms with van der Waals surface area (Å²) < 4.78 is 13.7. The van der Waals surface area contributed by atoms with Crippen LogP contribution in [0.1, 0.15) is 5.56 Å². The summed E-state index contributed by atoms with van der Waals surface area (Å²) in [5.41, 5.74) is 0.724. The van der Waals surface area contributed by atoms with E-state index in [4.69, 9.17) is 0 Å². The minimum absolute atomic E-state index is 0.0931. The highest BCUT2D eigenvalue weighted by Gasteiger charge is 2.30. The van der Waals surface area contributed by atoms with Crippen molar-refractivity contribution < 1.29 is 14.3 Å². The summed E-state index contributed by atoms with van der Waals surface area (Å²) in [6.45, 7) is 0. The number of phenolic OH excluding ortho intramolecular Hbond substituents is 1. The van der Waals surface area contributed by atoms with Gasteiger partial charge in [-0.3, -0.25) is 9.69 Å². The second-order valence-corrected chi connectivity index (χ2v) is 5.89. The number of halogens is 1. The molecule has 0 spiro atoms. The molecule has 1 amide bonds. The Morgan fingerprint density at radius 3 is 2.61 bits per heavy atom. The molecule has 1 N–H and O–H groups in total. The van der Waals surface area contributed by atoms with E-state index in [1.807, 2.05) is 0 Å². The Morgan fingerprint density at radius 1 is 1.17 bits per heavy atom. The normalized spacial score (nSPS) is 18.2. The number of amidine groups is 1. The molecule has 0 unspecified atom stereocenters. The molecule has 3 rings (SSSR count). The smallest absolute Gasteiger partial charge is 0.266 e. The van der Waals surface area contributed by atoms with Crippen LogP contribution in [0.25, 0.3) is 6.08 Å². The Balaban J connectivity index is 1.95. The first-order valence-corrected chi connectivity index (χ1v) is 7.67. The van der Waals surface area contributed by atoms with Crippen molar-refractivity contribution in [3.05, 3.63) is 64.8 Å². The number of carbonyl (C=O) groups is 1. The number of carbonyl (C=O) groups excluding carboxylic acids is 1. The van der Waals surface area contributed by atoms with Crippen LogP contribution in [-0.4, -0.2) is 28.1 Å². The molecular weight excluding hydrogens is 315 g/mol. The zero-order chi connectivity index (χ0) is 16.4. The summed E-state index contributed by atoms with van der Waals surface area (Å²) in [7, 11) is 1.58. The zero-order valence-corrected chi connectivity index (χ0v) is 13.0. The van der Waals surface area contributed by atoms with Gasteiger partial charge in [0.25, 0.3) is 5.91 Å². The predicted molar refractivity (Wildman–Crippen MR) is 89.9 cm³/mol. The van der Waals surface area contributed by atoms with Gasteiger partial charge in [0.1, 0.15) is 17.3 Å². The molecule has 1 aliphatic rings. The fourth-order valence-electron chi connectivity index (χ4n) is 2.05. The molecule has 1 saturated heterocycles. The van der Waals surface area contributed by atoms with E-state index in [0.29, 0.717) is 15.6 Å². The molecular formula is C17H13FN2O2S. The quantitative estimate of drug-likeness (QED) is 0.854. The molecule has 0 bridgehead atoms. The summed E-state index contributed by atoms with van der Waals surface area (Å²) in [5.74, 6) is -0.594. The number of amides is 1. The number of phenols is 1. The van der Waals surface area contributed by atoms with Gasteiger partial charge in [-0.2, -0.15) is 0 Å². The Morgan fingerprint density at radius 2 is 1.87 bits per heavy atom. The van der Waals surface area contributed by atoms with Crippen molar-refractivity contribution in [3.63, 3.8) is 0 Å². The Bertz CT molecular complexity index is 833. The summed E-state index contributed by atoms with van der Waals surface area (Å²) in [6.07, 6.45) is 1.60. The van der Waals surface area contributed by atoms with Gasteiger partial charge in [-0.15, -0.1) is 0 Å². The number of rotatable bonds is 2. The Hall–Kier alpha value is -2.60. The molecule has 1 fully saturated rings. The molecule has 2 aromatic carbocycles. The average Bonchev–Trinajstić information content (AvgIpc) is 2.80. The van der Waals surface area contributed by atoms with Crippen molar-refractivity contribution in [3.8, 4) is 5.75 Å². The van der Waals surface area contributed by atoms with Crippen LogP contribution in [0.15, 0.2) is 58.4 Å². The second kappa shape index (κ2) is 6.26. The maximum atomic E-state index is 13.7. The summed E-state index contributed by atoms with van der Waals surface area (Å²) in [6, 6.07) is 12.9. The van der Waals surface area contributed by atoms with E-state index in [9.17, 15) is 14.3 Å². The Labute approximate surface area is 137 Å². The lowest BCUT2D eigenvalue weighted by atomic mass is 10.2. The summed E-state index contributed by atoms with van der Waals surface area (Å²) >= 11 is 1.14. The number of para-hydroxylation sites is 2. The van der Waals surface area contributed by atoms with Crippen LogP contribution in [0, 0.1) is 5.82 Å². The molecule has 4 nitrogen and oxygen atoms in total. The maximum Gasteiger partial charge on any atom is 0.266 e. The molecule has 2 aromatic rings. The minimum Gasteiger partial charge on any atom is -0.507 e. The van der Waals surface area contributed by atoms with Gasteiger partial charge in [0.2, 0.25) is 0 Å². The molecule has 0 atom stereocenters. The van der Waals surface area contributed by atoms with Gasteiger partial charge in [0.05, 0.1) is 4.91 Å². The average molecular weight is 328 g/mol. The lowest BCUT2D eigenvalue weighted by Gasteiger charge is -2.07. The van der Waals surface area contributed by atoms with Gasteiger partial charge < -0.3 is 5.11 Å². The number of hydrogen-bond acceptors (Lipinski definition) is 4. The van der Waals surface area contributed by atoms with E-state index in [1.165, 1.54) is 11.0 Å². The van der Waals surface area contributed by atoms with Crippen molar-refractivity contribution in [2.75, 3.05) is 7.05 Å². The van der Waals surface area contributed by atoms with Crippen LogP contribution in [-0.2, 0) is 4.79 Å². The fourth-order valence-corrected chi connectivity index (χ4v) is 3.02. The monoisotopic (exact) mass is 328 g/mol. The van der Waals surface area contributed by atoms with E-state index in [2.05, 4.69) is 4.99 Å². The first-order chi connectivity index (χ1) is 11.1. The molecule has 1 heterocycles. The van der Waals surface area contributed by atoms with E-state index < -0.39 is 5.82 Å². The van der Waals surface area contributed by atoms with Gasteiger partial charge in [-0.1, -0.05) is 30.3 Å². The highest BCUT2D eigenvalue weighted by Crippen LogP contribution is 2.34. The van der Waals surface area contributed by atoms with Gasteiger partial charge in [-0.05, 0) is 36.0 Å². The third-order valence-electron chi connectivity index (χ3n) is 3.30. The van der Waals surface area contributed by atoms with Gasteiger partial charge in [-0.25, -0.2) is 9.38 Å². The van der Waals surface area contributed by atoms with Crippen molar-refractivity contribution in [1.29, 1.82) is 0 Å². The predicted octanol–water partition coefficient (Wildman–Crippen LogP) is 3.77. The van der Waals surface area contributed by atoms with Crippen molar-refractivity contribution >= 4 is 34.6 Å². The summed E-state index contributed by atoms with van der Waals surface area (Å²) in [5, 5.41) is 10.2. The van der Waals surface area contributed by atoms with E-state index in [-0.39, 0.29) is 17.3 Å². The maximum absolute atomic E-state index is 13.7. The van der Waals surface area contributed by atoms with E-state index in [0.717, 1.165) is 11.8 Å². The van der Waals surface area contributed by atoms with Crippen LogP contribution in [0.5, 0.6) is 5.75 Å². The van der Waals surface area contributed by atoms with Crippen molar-refractivity contribution in [2.24, 2.45) is 4.99 Å². The summed E-state index contributed by atoms with van der Waals surface area (Å²) in [4.78, 5) is 18.3. The molecule has 0 aliphatic carbocycles. The lowest BCUT2D eigenvalue weighted by Crippen LogP contribution is -2.23. The van der Waals surface area contributed by atoms with E-state index >= 15 is 0 Å². The topological polar surface area (TPSA) is 52.9 Å². The van der Waals surface area contributed by atoms with Crippen LogP contribution in [0.2, 0.25) is 0 Å². The van der Waals surface area contributed by atoms with Gasteiger partial charge in [0.15, 0.2) is 5.17 Å². The minimum atomic E-state index is -0.445. The first kappa shape index (κ1) is 15.3. The molecule has 0 radical (unpaired) electrons. The number of aromatic hydroxyl groups is 1. The SMILES string of the molecule is CN1C(=O)/C(=C\c2ccccc2O)SC1=Nc1ccccc1F. The molecule has 0 saturated carbocycles. The number of hydrogen-bond donors (Lipinski definition) is 1. The standard InChI is InChI=1S/C17H13FN2O2S/c1-20-16(22)15(10-11-6-2-5-9-14(11)21)23-17(20)19-13-8-4-3-7-12(13)18/h2-10,21H,1H3/b15-10+,19-17?. The van der Waals surface area contributed by atoms with Gasteiger partial charge >= 0.3 is 0 Å². The number of benzene rings is 2. The van der Waals surface area contributed by atoms with Crippen LogP contribution in [0.4, 0.5) is 10.1 Å². The van der Waals surface area contributed by atoms with Crippen LogP contribution >= 0.6 is 11.8 Å². The molecule has 6 heteroatoms. The zero-order valence-electron chi connectivity index (χ0n) is 12.2. The highest BCUT2D eigenvalue weighted by molar-refractivity contribution is 8.18. The second-order valence-electron chi connectivity index (χ2n) is 4.88. The number of nitrogens with zero attached hydrogens (tertiary/aromatic N) is 2. The molecule has 116 valence electrons. The van der Waals surface area contributed by atoms with E-state index in [1.54, 1.807) is 55.6 Å². The largest absolute Gasteiger partial charge is 0.507 e. The van der Waals surface area contributed by atoms with Crippen LogP contribution in [0.3, 0.4) is 0 Å². The third kappa shape index (κ3) is 3.12. The number of likely N-dealkylation sites (N-methyl/N-ethyl adjacent to an activating group) is 1. The highest BCUT2D eigenvalue weighted by atomic mass is 32.2. The van der Waals surface area contributed by atoms with Crippen LogP contribution < -0.4 is 0 Å². The number of thioether (sulfide) groups is 1. The first-order valence-electron chi connectivity index (χ1n) is 6.85. The Kier molecular flexibility index (Phi) is 4.16. The molecule has 0 aromatic heterocycles.